The van der Waals surface area contributed by atoms with Gasteiger partial charge in [-0.1, -0.05) is 0 Å². The Morgan fingerprint density at radius 1 is 1.44 bits per heavy atom. The fourth-order valence-corrected chi connectivity index (χ4v) is 1.59. The molecule has 0 aliphatic heterocycles. The molecule has 2 rings (SSSR count). The summed E-state index contributed by atoms with van der Waals surface area (Å²) in [6, 6.07) is 3.70. The van der Waals surface area contributed by atoms with Gasteiger partial charge in [-0.05, 0) is 25.1 Å². The molecule has 0 radical (unpaired) electrons. The molecule has 0 amide bonds. The number of hydrogen-bond donors (Lipinski definition) is 2. The van der Waals surface area contributed by atoms with E-state index in [0.717, 1.165) is 6.07 Å². The van der Waals surface area contributed by atoms with Gasteiger partial charge in [-0.15, -0.1) is 0 Å². The van der Waals surface area contributed by atoms with Crippen molar-refractivity contribution in [3.05, 3.63) is 40.0 Å². The molecule has 5 nitrogen and oxygen atoms in total. The number of phenols is 1. The summed E-state index contributed by atoms with van der Waals surface area (Å²) in [7, 11) is 0. The van der Waals surface area contributed by atoms with Crippen LogP contribution in [0.4, 0.5) is 4.39 Å². The molecule has 0 aliphatic rings. The molecule has 94 valence electrons. The van der Waals surface area contributed by atoms with E-state index >= 15 is 0 Å². The first-order chi connectivity index (χ1) is 8.41. The van der Waals surface area contributed by atoms with E-state index in [2.05, 4.69) is 0 Å². The Morgan fingerprint density at radius 3 is 2.72 bits per heavy atom. The summed E-state index contributed by atoms with van der Waals surface area (Å²) in [4.78, 5) is 22.4. The van der Waals surface area contributed by atoms with Crippen molar-refractivity contribution in [3.63, 3.8) is 0 Å². The standard InChI is InChI=1S/C12H9FO5/c1-5(11(15)16)7-4-6-2-3-8(14)9(13)10(6)18-12(7)17/h2-5,14H,1H3,(H,15,16). The number of carboxylic acids is 1. The Labute approximate surface area is 100 Å². The summed E-state index contributed by atoms with van der Waals surface area (Å²) >= 11 is 0. The molecule has 1 atom stereocenters. The lowest BCUT2D eigenvalue weighted by atomic mass is 10.0. The van der Waals surface area contributed by atoms with Crippen LogP contribution in [0.1, 0.15) is 18.4 Å². The van der Waals surface area contributed by atoms with Gasteiger partial charge in [0.05, 0.1) is 11.5 Å². The van der Waals surface area contributed by atoms with Crippen molar-refractivity contribution in [2.24, 2.45) is 0 Å². The van der Waals surface area contributed by atoms with Gasteiger partial charge in [0.25, 0.3) is 0 Å². The fraction of sp³-hybridized carbons (Fsp3) is 0.167. The van der Waals surface area contributed by atoms with E-state index in [0.29, 0.717) is 0 Å². The highest BCUT2D eigenvalue weighted by atomic mass is 19.1. The highest BCUT2D eigenvalue weighted by Crippen LogP contribution is 2.26. The summed E-state index contributed by atoms with van der Waals surface area (Å²) in [5.41, 5.74) is -1.39. The second-order valence-electron chi connectivity index (χ2n) is 3.87. The second kappa shape index (κ2) is 4.14. The van der Waals surface area contributed by atoms with Gasteiger partial charge < -0.3 is 14.6 Å². The van der Waals surface area contributed by atoms with Crippen LogP contribution in [-0.4, -0.2) is 16.2 Å². The zero-order chi connectivity index (χ0) is 13.4. The first kappa shape index (κ1) is 12.1. The van der Waals surface area contributed by atoms with Crippen molar-refractivity contribution >= 4 is 16.9 Å². The average molecular weight is 252 g/mol. The van der Waals surface area contributed by atoms with Gasteiger partial charge in [0, 0.05) is 5.39 Å². The van der Waals surface area contributed by atoms with Crippen LogP contribution in [0.3, 0.4) is 0 Å². The van der Waals surface area contributed by atoms with Crippen molar-refractivity contribution < 1.29 is 23.8 Å². The fourth-order valence-electron chi connectivity index (χ4n) is 1.59. The van der Waals surface area contributed by atoms with Crippen LogP contribution >= 0.6 is 0 Å². The highest BCUT2D eigenvalue weighted by Gasteiger charge is 2.20. The summed E-state index contributed by atoms with van der Waals surface area (Å²) in [6.45, 7) is 1.33. The first-order valence-electron chi connectivity index (χ1n) is 5.10. The molecule has 2 N–H and O–H groups in total. The van der Waals surface area contributed by atoms with Crippen LogP contribution in [0, 0.1) is 5.82 Å². The molecule has 0 spiro atoms. The van der Waals surface area contributed by atoms with Crippen LogP contribution in [0.2, 0.25) is 0 Å². The van der Waals surface area contributed by atoms with E-state index < -0.39 is 29.1 Å². The van der Waals surface area contributed by atoms with Crippen molar-refractivity contribution in [2.45, 2.75) is 12.8 Å². The van der Waals surface area contributed by atoms with Gasteiger partial charge in [-0.25, -0.2) is 4.79 Å². The third kappa shape index (κ3) is 1.81. The normalized spacial score (nSPS) is 12.6. The Hall–Kier alpha value is -2.37. The average Bonchev–Trinajstić information content (AvgIpc) is 2.33. The molecule has 6 heteroatoms. The second-order valence-corrected chi connectivity index (χ2v) is 3.87. The van der Waals surface area contributed by atoms with Crippen LogP contribution < -0.4 is 5.63 Å². The third-order valence-corrected chi connectivity index (χ3v) is 2.69. The Balaban J connectivity index is 2.75. The number of hydrogen-bond acceptors (Lipinski definition) is 4. The molecule has 1 heterocycles. The number of phenolic OH excluding ortho intramolecular Hbond substituents is 1. The molecular weight excluding hydrogens is 243 g/mol. The maximum absolute atomic E-state index is 13.5. The largest absolute Gasteiger partial charge is 0.505 e. The summed E-state index contributed by atoms with van der Waals surface area (Å²) in [5, 5.41) is 18.2. The Kier molecular flexibility index (Phi) is 2.78. The lowest BCUT2D eigenvalue weighted by Gasteiger charge is -2.06. The number of benzene rings is 1. The molecule has 0 fully saturated rings. The van der Waals surface area contributed by atoms with Gasteiger partial charge in [0.1, 0.15) is 0 Å². The summed E-state index contributed by atoms with van der Waals surface area (Å²) < 4.78 is 18.2. The molecular formula is C12H9FO5. The number of rotatable bonds is 2. The monoisotopic (exact) mass is 252 g/mol. The van der Waals surface area contributed by atoms with Crippen molar-refractivity contribution in [1.29, 1.82) is 0 Å². The Bertz CT molecular complexity index is 689. The van der Waals surface area contributed by atoms with Crippen molar-refractivity contribution in [2.75, 3.05) is 0 Å². The molecule has 1 aromatic heterocycles. The van der Waals surface area contributed by atoms with Gasteiger partial charge >= 0.3 is 11.6 Å². The number of carboxylic acid groups (broad SMARTS) is 1. The minimum Gasteiger partial charge on any atom is -0.505 e. The number of aromatic hydroxyl groups is 1. The summed E-state index contributed by atoms with van der Waals surface area (Å²) in [5.74, 6) is -3.91. The number of halogens is 1. The minimum atomic E-state index is -1.18. The molecule has 0 aliphatic carbocycles. The van der Waals surface area contributed by atoms with Crippen molar-refractivity contribution in [3.8, 4) is 5.75 Å². The first-order valence-corrected chi connectivity index (χ1v) is 5.10. The van der Waals surface area contributed by atoms with E-state index in [1.807, 2.05) is 0 Å². The van der Waals surface area contributed by atoms with Crippen LogP contribution in [0.15, 0.2) is 27.4 Å². The molecule has 1 aromatic carbocycles. The number of carbonyl (C=O) groups is 1. The highest BCUT2D eigenvalue weighted by molar-refractivity contribution is 5.82. The smallest absolute Gasteiger partial charge is 0.340 e. The van der Waals surface area contributed by atoms with Gasteiger partial charge in [0.15, 0.2) is 11.3 Å². The molecule has 0 saturated heterocycles. The van der Waals surface area contributed by atoms with E-state index in [1.54, 1.807) is 0 Å². The van der Waals surface area contributed by atoms with Crippen molar-refractivity contribution in [1.82, 2.24) is 0 Å². The maximum Gasteiger partial charge on any atom is 0.340 e. The van der Waals surface area contributed by atoms with E-state index in [1.165, 1.54) is 19.1 Å². The summed E-state index contributed by atoms with van der Waals surface area (Å²) in [6.07, 6.45) is 0. The number of fused-ring (bicyclic) bond motifs is 1. The molecule has 0 saturated carbocycles. The van der Waals surface area contributed by atoms with Crippen LogP contribution in [0.25, 0.3) is 11.0 Å². The van der Waals surface area contributed by atoms with E-state index in [9.17, 15) is 14.0 Å². The number of aliphatic carboxylic acids is 1. The Morgan fingerprint density at radius 2 is 2.11 bits per heavy atom. The third-order valence-electron chi connectivity index (χ3n) is 2.69. The van der Waals surface area contributed by atoms with Crippen LogP contribution in [0.5, 0.6) is 5.75 Å². The molecule has 18 heavy (non-hydrogen) atoms. The molecule has 0 bridgehead atoms. The van der Waals surface area contributed by atoms with Gasteiger partial charge in [0.2, 0.25) is 5.82 Å². The SMILES string of the molecule is CC(C(=O)O)c1cc2ccc(O)c(F)c2oc1=O. The molecule has 1 unspecified atom stereocenters. The van der Waals surface area contributed by atoms with E-state index in [-0.39, 0.29) is 16.5 Å². The lowest BCUT2D eigenvalue weighted by molar-refractivity contribution is -0.138. The van der Waals surface area contributed by atoms with Crippen LogP contribution in [-0.2, 0) is 4.79 Å². The zero-order valence-corrected chi connectivity index (χ0v) is 9.31. The predicted molar refractivity (Wildman–Crippen MR) is 60.2 cm³/mol. The van der Waals surface area contributed by atoms with Gasteiger partial charge in [-0.2, -0.15) is 4.39 Å². The lowest BCUT2D eigenvalue weighted by Crippen LogP contribution is -2.17. The quantitative estimate of drug-likeness (QED) is 0.796. The molecule has 2 aromatic rings. The minimum absolute atomic E-state index is 0.0694. The van der Waals surface area contributed by atoms with Gasteiger partial charge in [-0.3, -0.25) is 4.79 Å². The topological polar surface area (TPSA) is 87.7 Å². The maximum atomic E-state index is 13.5. The zero-order valence-electron chi connectivity index (χ0n) is 9.31. The van der Waals surface area contributed by atoms with E-state index in [4.69, 9.17) is 14.6 Å². The predicted octanol–water partition coefficient (Wildman–Crippen LogP) is 1.83.